The quantitative estimate of drug-likeness (QED) is 0.278. The van der Waals surface area contributed by atoms with Crippen LogP contribution in [0.2, 0.25) is 5.02 Å². The SMILES string of the molecule is O=C(CN(Cc1ccccc1Cl)S(=O)(=O)c1ccc(Br)cc1)N/N=C/c1cc(Br)ccc1O. The molecule has 2 N–H and O–H groups in total. The van der Waals surface area contributed by atoms with Crippen molar-refractivity contribution in [2.24, 2.45) is 5.10 Å². The number of carbonyl (C=O) groups excluding carboxylic acids is 1. The molecule has 33 heavy (non-hydrogen) atoms. The molecule has 7 nitrogen and oxygen atoms in total. The lowest BCUT2D eigenvalue weighted by molar-refractivity contribution is -0.121. The van der Waals surface area contributed by atoms with Crippen molar-refractivity contribution in [2.75, 3.05) is 6.54 Å². The van der Waals surface area contributed by atoms with E-state index >= 15 is 0 Å². The number of benzene rings is 3. The molecule has 0 fully saturated rings. The second-order valence-electron chi connectivity index (χ2n) is 6.81. The summed E-state index contributed by atoms with van der Waals surface area (Å²) in [6.45, 7) is -0.604. The highest BCUT2D eigenvalue weighted by Gasteiger charge is 2.27. The van der Waals surface area contributed by atoms with Crippen molar-refractivity contribution in [1.82, 2.24) is 9.73 Å². The lowest BCUT2D eigenvalue weighted by Crippen LogP contribution is -2.39. The minimum absolute atomic E-state index is 0.0191. The third-order valence-corrected chi connectivity index (χ3v) is 7.65. The fourth-order valence-electron chi connectivity index (χ4n) is 2.80. The van der Waals surface area contributed by atoms with E-state index in [2.05, 4.69) is 42.4 Å². The second kappa shape index (κ2) is 11.3. The first-order valence-corrected chi connectivity index (χ1v) is 12.9. The highest BCUT2D eigenvalue weighted by molar-refractivity contribution is 9.10. The van der Waals surface area contributed by atoms with Crippen molar-refractivity contribution in [1.29, 1.82) is 0 Å². The number of hydrazone groups is 1. The molecule has 0 unspecified atom stereocenters. The molecule has 11 heteroatoms. The van der Waals surface area contributed by atoms with Gasteiger partial charge in [-0.2, -0.15) is 9.41 Å². The molecule has 172 valence electrons. The first kappa shape index (κ1) is 25.4. The van der Waals surface area contributed by atoms with Crippen LogP contribution in [0, 0.1) is 0 Å². The van der Waals surface area contributed by atoms with E-state index in [9.17, 15) is 18.3 Å². The Morgan fingerprint density at radius 3 is 2.42 bits per heavy atom. The Kier molecular flexibility index (Phi) is 8.66. The van der Waals surface area contributed by atoms with Crippen LogP contribution in [-0.4, -0.2) is 36.5 Å². The van der Waals surface area contributed by atoms with Gasteiger partial charge in [0, 0.05) is 26.1 Å². The van der Waals surface area contributed by atoms with Crippen LogP contribution < -0.4 is 5.43 Å². The molecule has 0 heterocycles. The van der Waals surface area contributed by atoms with Crippen LogP contribution in [-0.2, 0) is 21.4 Å². The number of nitrogens with zero attached hydrogens (tertiary/aromatic N) is 2. The summed E-state index contributed by atoms with van der Waals surface area (Å²) >= 11 is 12.8. The third kappa shape index (κ3) is 6.87. The Morgan fingerprint density at radius 1 is 1.06 bits per heavy atom. The Morgan fingerprint density at radius 2 is 1.73 bits per heavy atom. The van der Waals surface area contributed by atoms with Gasteiger partial charge in [-0.1, -0.05) is 61.7 Å². The lowest BCUT2D eigenvalue weighted by Gasteiger charge is -2.22. The summed E-state index contributed by atoms with van der Waals surface area (Å²) in [6, 6.07) is 17.7. The molecular formula is C22H18Br2ClN3O4S. The van der Waals surface area contributed by atoms with Crippen LogP contribution >= 0.6 is 43.5 Å². The average Bonchev–Trinajstić information content (AvgIpc) is 2.77. The maximum absolute atomic E-state index is 13.3. The van der Waals surface area contributed by atoms with Gasteiger partial charge >= 0.3 is 0 Å². The van der Waals surface area contributed by atoms with E-state index in [0.29, 0.717) is 16.1 Å². The first-order valence-electron chi connectivity index (χ1n) is 9.46. The van der Waals surface area contributed by atoms with E-state index < -0.39 is 22.5 Å². The average molecular weight is 616 g/mol. The maximum atomic E-state index is 13.3. The fraction of sp³-hybridized carbons (Fsp3) is 0.0909. The number of hydrogen-bond donors (Lipinski definition) is 2. The Hall–Kier alpha value is -2.24. The number of aromatic hydroxyl groups is 1. The molecule has 0 spiro atoms. The molecule has 0 aliphatic rings. The normalized spacial score (nSPS) is 11.8. The van der Waals surface area contributed by atoms with E-state index in [-0.39, 0.29) is 17.2 Å². The molecule has 0 bridgehead atoms. The monoisotopic (exact) mass is 613 g/mol. The van der Waals surface area contributed by atoms with Crippen LogP contribution in [0.5, 0.6) is 5.75 Å². The van der Waals surface area contributed by atoms with Gasteiger partial charge in [0.05, 0.1) is 17.7 Å². The molecule has 3 rings (SSSR count). The van der Waals surface area contributed by atoms with Gasteiger partial charge in [0.25, 0.3) is 5.91 Å². The number of halogens is 3. The van der Waals surface area contributed by atoms with Crippen LogP contribution in [0.1, 0.15) is 11.1 Å². The van der Waals surface area contributed by atoms with Crippen molar-refractivity contribution >= 4 is 65.6 Å². The maximum Gasteiger partial charge on any atom is 0.255 e. The summed E-state index contributed by atoms with van der Waals surface area (Å²) < 4.78 is 29.0. The highest BCUT2D eigenvalue weighted by atomic mass is 79.9. The Labute approximate surface area is 213 Å². The van der Waals surface area contributed by atoms with E-state index in [0.717, 1.165) is 13.3 Å². The fourth-order valence-corrected chi connectivity index (χ4v) is 5.01. The van der Waals surface area contributed by atoms with Crippen molar-refractivity contribution in [2.45, 2.75) is 11.4 Å². The molecule has 3 aromatic rings. The number of carbonyl (C=O) groups is 1. The predicted octanol–water partition coefficient (Wildman–Crippen LogP) is 4.91. The number of phenols is 1. The summed E-state index contributed by atoms with van der Waals surface area (Å²) in [5.41, 5.74) is 3.23. The number of amides is 1. The summed E-state index contributed by atoms with van der Waals surface area (Å²) in [6.07, 6.45) is 1.26. The molecule has 1 amide bonds. The zero-order chi connectivity index (χ0) is 24.0. The van der Waals surface area contributed by atoms with Crippen molar-refractivity contribution < 1.29 is 18.3 Å². The van der Waals surface area contributed by atoms with E-state index in [1.54, 1.807) is 48.5 Å². The van der Waals surface area contributed by atoms with Gasteiger partial charge in [-0.3, -0.25) is 4.79 Å². The lowest BCUT2D eigenvalue weighted by atomic mass is 10.2. The molecule has 0 aliphatic heterocycles. The highest BCUT2D eigenvalue weighted by Crippen LogP contribution is 2.24. The van der Waals surface area contributed by atoms with Crippen LogP contribution in [0.4, 0.5) is 0 Å². The van der Waals surface area contributed by atoms with Gasteiger partial charge in [0.15, 0.2) is 0 Å². The Bertz CT molecular complexity index is 1290. The number of nitrogens with one attached hydrogen (secondary N) is 1. The molecule has 0 atom stereocenters. The number of phenolic OH excluding ortho intramolecular Hbond substituents is 1. The molecule has 3 aromatic carbocycles. The van der Waals surface area contributed by atoms with Crippen LogP contribution in [0.15, 0.2) is 85.7 Å². The van der Waals surface area contributed by atoms with Crippen molar-refractivity contribution in [3.63, 3.8) is 0 Å². The van der Waals surface area contributed by atoms with Crippen molar-refractivity contribution in [3.05, 3.63) is 91.8 Å². The molecular weight excluding hydrogens is 598 g/mol. The number of hydrogen-bond acceptors (Lipinski definition) is 5. The van der Waals surface area contributed by atoms with Gasteiger partial charge in [0.1, 0.15) is 5.75 Å². The topological polar surface area (TPSA) is 99.1 Å². The van der Waals surface area contributed by atoms with Gasteiger partial charge in [-0.05, 0) is 54.1 Å². The first-order chi connectivity index (χ1) is 15.7. The minimum Gasteiger partial charge on any atom is -0.507 e. The standard InChI is InChI=1S/C22H18Br2ClN3O4S/c23-17-5-8-19(9-6-17)33(31,32)28(13-15-3-1-2-4-20(15)25)14-22(30)27-26-12-16-11-18(24)7-10-21(16)29/h1-12,29H,13-14H2,(H,27,30)/b26-12+. The molecule has 0 saturated heterocycles. The number of rotatable bonds is 8. The molecule has 0 aliphatic carbocycles. The minimum atomic E-state index is -4.02. The van der Waals surface area contributed by atoms with Crippen molar-refractivity contribution in [3.8, 4) is 5.75 Å². The van der Waals surface area contributed by atoms with Gasteiger partial charge in [-0.25, -0.2) is 13.8 Å². The molecule has 0 radical (unpaired) electrons. The summed E-state index contributed by atoms with van der Waals surface area (Å²) in [4.78, 5) is 12.6. The molecule has 0 saturated carbocycles. The smallest absolute Gasteiger partial charge is 0.255 e. The zero-order valence-electron chi connectivity index (χ0n) is 17.0. The van der Waals surface area contributed by atoms with E-state index in [1.165, 1.54) is 24.4 Å². The Balaban J connectivity index is 1.82. The van der Waals surface area contributed by atoms with Gasteiger partial charge < -0.3 is 5.11 Å². The summed E-state index contributed by atoms with van der Waals surface area (Å²) in [7, 11) is -4.02. The van der Waals surface area contributed by atoms with Crippen LogP contribution in [0.3, 0.4) is 0 Å². The van der Waals surface area contributed by atoms with E-state index in [4.69, 9.17) is 11.6 Å². The predicted molar refractivity (Wildman–Crippen MR) is 135 cm³/mol. The second-order valence-corrected chi connectivity index (χ2v) is 11.0. The largest absolute Gasteiger partial charge is 0.507 e. The van der Waals surface area contributed by atoms with Gasteiger partial charge in [-0.15, -0.1) is 0 Å². The number of sulfonamides is 1. The third-order valence-electron chi connectivity index (χ3n) is 4.46. The molecule has 0 aromatic heterocycles. The summed E-state index contributed by atoms with van der Waals surface area (Å²) in [5.74, 6) is -0.678. The van der Waals surface area contributed by atoms with Crippen LogP contribution in [0.25, 0.3) is 0 Å². The van der Waals surface area contributed by atoms with Gasteiger partial charge in [0.2, 0.25) is 10.0 Å². The van der Waals surface area contributed by atoms with E-state index in [1.807, 2.05) is 0 Å². The summed E-state index contributed by atoms with van der Waals surface area (Å²) in [5, 5.41) is 14.1. The zero-order valence-corrected chi connectivity index (χ0v) is 21.7.